The van der Waals surface area contributed by atoms with E-state index in [9.17, 15) is 14.7 Å². The fourth-order valence-corrected chi connectivity index (χ4v) is 1.14. The number of ketones is 1. The molecule has 0 aliphatic carbocycles. The summed E-state index contributed by atoms with van der Waals surface area (Å²) in [5.74, 6) is -1.94. The topological polar surface area (TPSA) is 105 Å². The average molecular weight is 205 g/mol. The second-order valence-electron chi connectivity index (χ2n) is 2.73. The van der Waals surface area contributed by atoms with Gasteiger partial charge >= 0.3 is 5.97 Å². The number of carbonyl (C=O) groups is 2. The number of rotatable bonds is 4. The summed E-state index contributed by atoms with van der Waals surface area (Å²) >= 11 is 0. The number of cyclic esters (lactones) is 1. The first-order chi connectivity index (χ1) is 6.61. The van der Waals surface area contributed by atoms with Crippen molar-refractivity contribution < 1.29 is 29.4 Å². The maximum Gasteiger partial charge on any atom is 0.378 e. The molecule has 80 valence electrons. The standard InChI is InChI=1S/C7H11NO6/c1-8-14-6-4(11)7(12)13-5(6)3(10)2-9/h3,5-6,8-10H,2H2,1H3/t3-,5+,6?/m0/s1. The Morgan fingerprint density at radius 1 is 1.64 bits per heavy atom. The van der Waals surface area contributed by atoms with Crippen molar-refractivity contribution in [2.75, 3.05) is 13.7 Å². The van der Waals surface area contributed by atoms with Crippen molar-refractivity contribution in [3.8, 4) is 0 Å². The van der Waals surface area contributed by atoms with E-state index in [1.807, 2.05) is 0 Å². The molecule has 1 unspecified atom stereocenters. The molecule has 3 atom stereocenters. The Hall–Kier alpha value is -1.02. The number of hydrogen-bond acceptors (Lipinski definition) is 7. The Kier molecular flexibility index (Phi) is 3.53. The molecule has 0 radical (unpaired) electrons. The van der Waals surface area contributed by atoms with Crippen LogP contribution in [-0.4, -0.2) is 53.9 Å². The van der Waals surface area contributed by atoms with Crippen LogP contribution in [0, 0.1) is 0 Å². The van der Waals surface area contributed by atoms with Gasteiger partial charge in [0.2, 0.25) is 0 Å². The summed E-state index contributed by atoms with van der Waals surface area (Å²) in [6.07, 6.45) is -3.70. The third-order valence-corrected chi connectivity index (χ3v) is 1.81. The van der Waals surface area contributed by atoms with Gasteiger partial charge in [-0.3, -0.25) is 9.63 Å². The molecule has 7 nitrogen and oxygen atoms in total. The number of nitrogens with one attached hydrogen (secondary N) is 1. The monoisotopic (exact) mass is 205 g/mol. The quantitative estimate of drug-likeness (QED) is 0.261. The molecule has 0 aromatic carbocycles. The number of aliphatic hydroxyl groups excluding tert-OH is 2. The highest BCUT2D eigenvalue weighted by Crippen LogP contribution is 2.17. The first-order valence-electron chi connectivity index (χ1n) is 3.98. The first-order valence-corrected chi connectivity index (χ1v) is 3.98. The van der Waals surface area contributed by atoms with Crippen molar-refractivity contribution in [2.45, 2.75) is 18.3 Å². The second-order valence-corrected chi connectivity index (χ2v) is 2.73. The predicted octanol–water partition coefficient (Wildman–Crippen LogP) is -2.65. The molecule has 0 bridgehead atoms. The van der Waals surface area contributed by atoms with Gasteiger partial charge in [0.25, 0.3) is 5.78 Å². The minimum absolute atomic E-state index is 0.616. The van der Waals surface area contributed by atoms with E-state index in [2.05, 4.69) is 10.2 Å². The van der Waals surface area contributed by atoms with Crippen molar-refractivity contribution in [2.24, 2.45) is 0 Å². The summed E-state index contributed by atoms with van der Waals surface area (Å²) in [5, 5.41) is 17.8. The fraction of sp³-hybridized carbons (Fsp3) is 0.714. The molecule has 7 heteroatoms. The Morgan fingerprint density at radius 3 is 2.79 bits per heavy atom. The average Bonchev–Trinajstić information content (AvgIpc) is 2.45. The summed E-state index contributed by atoms with van der Waals surface area (Å²) in [4.78, 5) is 26.6. The van der Waals surface area contributed by atoms with Crippen molar-refractivity contribution in [1.82, 2.24) is 5.48 Å². The van der Waals surface area contributed by atoms with E-state index in [-0.39, 0.29) is 0 Å². The van der Waals surface area contributed by atoms with Gasteiger partial charge in [0.05, 0.1) is 6.61 Å². The van der Waals surface area contributed by atoms with Crippen LogP contribution in [0.3, 0.4) is 0 Å². The van der Waals surface area contributed by atoms with Gasteiger partial charge in [0, 0.05) is 7.05 Å². The van der Waals surface area contributed by atoms with E-state index >= 15 is 0 Å². The van der Waals surface area contributed by atoms with E-state index in [0.29, 0.717) is 0 Å². The minimum Gasteiger partial charge on any atom is -0.450 e. The highest BCUT2D eigenvalue weighted by molar-refractivity contribution is 6.37. The predicted molar refractivity (Wildman–Crippen MR) is 41.9 cm³/mol. The number of ether oxygens (including phenoxy) is 1. The van der Waals surface area contributed by atoms with Crippen LogP contribution in [0.1, 0.15) is 0 Å². The van der Waals surface area contributed by atoms with E-state index in [1.54, 1.807) is 0 Å². The van der Waals surface area contributed by atoms with Crippen molar-refractivity contribution in [3.05, 3.63) is 0 Å². The molecule has 0 saturated carbocycles. The van der Waals surface area contributed by atoms with Crippen LogP contribution in [-0.2, 0) is 19.2 Å². The number of hydrogen-bond donors (Lipinski definition) is 3. The summed E-state index contributed by atoms with van der Waals surface area (Å²) in [7, 11) is 1.40. The zero-order valence-electron chi connectivity index (χ0n) is 7.47. The largest absolute Gasteiger partial charge is 0.450 e. The van der Waals surface area contributed by atoms with E-state index in [0.717, 1.165) is 0 Å². The lowest BCUT2D eigenvalue weighted by Crippen LogP contribution is -2.42. The number of esters is 1. The van der Waals surface area contributed by atoms with Gasteiger partial charge in [0.1, 0.15) is 6.10 Å². The van der Waals surface area contributed by atoms with Gasteiger partial charge in [-0.15, -0.1) is 0 Å². The van der Waals surface area contributed by atoms with Crippen LogP contribution in [0.25, 0.3) is 0 Å². The SMILES string of the molecule is CNOC1C(=O)C(=O)O[C@@H]1[C@@H](O)CO. The van der Waals surface area contributed by atoms with Gasteiger partial charge in [-0.05, 0) is 0 Å². The van der Waals surface area contributed by atoms with Crippen LogP contribution in [0.4, 0.5) is 0 Å². The molecule has 1 saturated heterocycles. The van der Waals surface area contributed by atoms with E-state index < -0.39 is 36.7 Å². The lowest BCUT2D eigenvalue weighted by Gasteiger charge is -2.19. The van der Waals surface area contributed by atoms with Gasteiger partial charge in [0.15, 0.2) is 12.2 Å². The highest BCUT2D eigenvalue weighted by Gasteiger charge is 2.48. The molecule has 0 aromatic rings. The molecule has 1 aliphatic heterocycles. The van der Waals surface area contributed by atoms with Crippen molar-refractivity contribution in [1.29, 1.82) is 0 Å². The number of hydroxylamine groups is 1. The van der Waals surface area contributed by atoms with Crippen LogP contribution >= 0.6 is 0 Å². The van der Waals surface area contributed by atoms with Gasteiger partial charge in [-0.1, -0.05) is 0 Å². The van der Waals surface area contributed by atoms with Gasteiger partial charge < -0.3 is 14.9 Å². The van der Waals surface area contributed by atoms with Crippen LogP contribution in [0.5, 0.6) is 0 Å². The van der Waals surface area contributed by atoms with Gasteiger partial charge in [-0.2, -0.15) is 0 Å². The number of aliphatic hydroxyl groups is 2. The third-order valence-electron chi connectivity index (χ3n) is 1.81. The normalized spacial score (nSPS) is 29.1. The Labute approximate surface area is 79.6 Å². The molecule has 0 spiro atoms. The van der Waals surface area contributed by atoms with E-state index in [4.69, 9.17) is 9.94 Å². The molecule has 0 aromatic heterocycles. The lowest BCUT2D eigenvalue weighted by atomic mass is 10.1. The van der Waals surface area contributed by atoms with Crippen LogP contribution in [0.2, 0.25) is 0 Å². The zero-order chi connectivity index (χ0) is 10.7. The Morgan fingerprint density at radius 2 is 2.29 bits per heavy atom. The smallest absolute Gasteiger partial charge is 0.378 e. The molecule has 0 amide bonds. The molecule has 3 N–H and O–H groups in total. The number of carbonyl (C=O) groups excluding carboxylic acids is 2. The summed E-state index contributed by atoms with van der Waals surface area (Å²) in [6.45, 7) is -0.616. The Bertz CT molecular complexity index is 242. The molecule has 1 fully saturated rings. The maximum absolute atomic E-state index is 11.1. The molecule has 1 heterocycles. The first kappa shape index (κ1) is 11.1. The summed E-state index contributed by atoms with van der Waals surface area (Å²) in [6, 6.07) is 0. The number of Topliss-reactive ketones (excluding diaryl/α,β-unsaturated/α-hetero) is 1. The second kappa shape index (κ2) is 4.47. The van der Waals surface area contributed by atoms with E-state index in [1.165, 1.54) is 7.05 Å². The van der Waals surface area contributed by atoms with Crippen molar-refractivity contribution >= 4 is 11.8 Å². The van der Waals surface area contributed by atoms with Crippen LogP contribution < -0.4 is 5.48 Å². The minimum atomic E-state index is -1.33. The lowest BCUT2D eigenvalue weighted by molar-refractivity contribution is -0.152. The summed E-state index contributed by atoms with van der Waals surface area (Å²) in [5.41, 5.74) is 2.22. The van der Waals surface area contributed by atoms with Crippen LogP contribution in [0.15, 0.2) is 0 Å². The van der Waals surface area contributed by atoms with Gasteiger partial charge in [-0.25, -0.2) is 10.3 Å². The third kappa shape index (κ3) is 1.90. The summed E-state index contributed by atoms with van der Waals surface area (Å²) < 4.78 is 4.53. The molecule has 14 heavy (non-hydrogen) atoms. The molecule has 1 aliphatic rings. The molecular formula is C7H11NO6. The Balaban J connectivity index is 2.74. The maximum atomic E-state index is 11.1. The fourth-order valence-electron chi connectivity index (χ4n) is 1.14. The zero-order valence-corrected chi connectivity index (χ0v) is 7.47. The van der Waals surface area contributed by atoms with Crippen molar-refractivity contribution in [3.63, 3.8) is 0 Å². The highest BCUT2D eigenvalue weighted by atomic mass is 16.7. The molecular weight excluding hydrogens is 194 g/mol. The molecule has 1 rings (SSSR count).